The number of carboxylic acids is 1. The van der Waals surface area contributed by atoms with Crippen molar-refractivity contribution >= 4 is 11.7 Å². The van der Waals surface area contributed by atoms with Crippen LogP contribution in [-0.2, 0) is 16.2 Å². The number of nitrogens with zero attached hydrogens (tertiary/aromatic N) is 2. The maximum absolute atomic E-state index is 10.8. The van der Waals surface area contributed by atoms with E-state index in [0.717, 1.165) is 18.5 Å². The minimum atomic E-state index is -0.997. The molecule has 0 spiro atoms. The zero-order valence-electron chi connectivity index (χ0n) is 8.67. The van der Waals surface area contributed by atoms with Gasteiger partial charge < -0.3 is 9.94 Å². The second-order valence-corrected chi connectivity index (χ2v) is 3.65. The predicted octanol–water partition coefficient (Wildman–Crippen LogP) is 1.45. The van der Waals surface area contributed by atoms with E-state index in [4.69, 9.17) is 9.94 Å². The Labute approximate surface area is 92.8 Å². The van der Waals surface area contributed by atoms with Crippen molar-refractivity contribution < 1.29 is 14.7 Å². The smallest absolute Gasteiger partial charge is 0.353 e. The lowest BCUT2D eigenvalue weighted by atomic mass is 10.2. The van der Waals surface area contributed by atoms with Crippen LogP contribution in [-0.4, -0.2) is 21.8 Å². The largest absolute Gasteiger partial charge is 0.477 e. The zero-order valence-corrected chi connectivity index (χ0v) is 8.67. The van der Waals surface area contributed by atoms with Gasteiger partial charge in [-0.2, -0.15) is 0 Å². The van der Waals surface area contributed by atoms with Gasteiger partial charge >= 0.3 is 5.97 Å². The number of aliphatic carboxylic acids is 1. The van der Waals surface area contributed by atoms with Gasteiger partial charge in [0.05, 0.1) is 5.69 Å². The average molecular weight is 220 g/mol. The summed E-state index contributed by atoms with van der Waals surface area (Å²) in [4.78, 5) is 19.8. The SMILES string of the molecule is O=C(O)C(=NOCc1ccccn1)C1CC1. The molecule has 1 fully saturated rings. The molecule has 0 atom stereocenters. The Kier molecular flexibility index (Phi) is 3.14. The van der Waals surface area contributed by atoms with Crippen LogP contribution in [0.25, 0.3) is 0 Å². The molecule has 1 heterocycles. The first kappa shape index (κ1) is 10.6. The molecule has 2 rings (SSSR count). The number of hydrogen-bond acceptors (Lipinski definition) is 4. The van der Waals surface area contributed by atoms with E-state index in [2.05, 4.69) is 10.1 Å². The standard InChI is InChI=1S/C11H12N2O3/c14-11(15)10(8-4-5-8)13-16-7-9-3-1-2-6-12-9/h1-3,6,8H,4-5,7H2,(H,14,15). The topological polar surface area (TPSA) is 71.8 Å². The Morgan fingerprint density at radius 3 is 2.94 bits per heavy atom. The minimum absolute atomic E-state index is 0.0706. The van der Waals surface area contributed by atoms with Crippen LogP contribution >= 0.6 is 0 Å². The van der Waals surface area contributed by atoms with Crippen LogP contribution in [0, 0.1) is 5.92 Å². The van der Waals surface area contributed by atoms with Crippen LogP contribution < -0.4 is 0 Å². The van der Waals surface area contributed by atoms with Crippen molar-refractivity contribution in [3.63, 3.8) is 0 Å². The van der Waals surface area contributed by atoms with Gasteiger partial charge in [-0.3, -0.25) is 4.98 Å². The van der Waals surface area contributed by atoms with E-state index in [9.17, 15) is 4.79 Å². The van der Waals surface area contributed by atoms with Gasteiger partial charge in [-0.15, -0.1) is 0 Å². The Hall–Kier alpha value is -1.91. The van der Waals surface area contributed by atoms with Crippen LogP contribution in [0.1, 0.15) is 18.5 Å². The first-order valence-corrected chi connectivity index (χ1v) is 5.10. The van der Waals surface area contributed by atoms with Gasteiger partial charge in [0, 0.05) is 12.1 Å². The number of oxime groups is 1. The summed E-state index contributed by atoms with van der Waals surface area (Å²) in [5.74, 6) is -0.926. The number of aromatic nitrogens is 1. The summed E-state index contributed by atoms with van der Waals surface area (Å²) >= 11 is 0. The second kappa shape index (κ2) is 4.74. The predicted molar refractivity (Wildman–Crippen MR) is 56.8 cm³/mol. The Morgan fingerprint density at radius 1 is 1.56 bits per heavy atom. The third-order valence-corrected chi connectivity index (χ3v) is 2.28. The number of carbonyl (C=O) groups is 1. The molecule has 5 heteroatoms. The molecule has 0 saturated heterocycles. The van der Waals surface area contributed by atoms with Crippen molar-refractivity contribution in [2.24, 2.45) is 11.1 Å². The molecule has 1 saturated carbocycles. The molecule has 1 N–H and O–H groups in total. The molecule has 1 aliphatic rings. The highest BCUT2D eigenvalue weighted by Gasteiger charge is 2.32. The van der Waals surface area contributed by atoms with Gasteiger partial charge in [-0.05, 0) is 25.0 Å². The molecule has 5 nitrogen and oxygen atoms in total. The fourth-order valence-electron chi connectivity index (χ4n) is 1.30. The van der Waals surface area contributed by atoms with E-state index in [1.807, 2.05) is 6.07 Å². The number of rotatable bonds is 5. The molecular weight excluding hydrogens is 208 g/mol. The van der Waals surface area contributed by atoms with Gasteiger partial charge in [0.1, 0.15) is 0 Å². The summed E-state index contributed by atoms with van der Waals surface area (Å²) in [5, 5.41) is 12.5. The van der Waals surface area contributed by atoms with E-state index < -0.39 is 5.97 Å². The van der Waals surface area contributed by atoms with Crippen molar-refractivity contribution in [2.75, 3.05) is 0 Å². The highest BCUT2D eigenvalue weighted by Crippen LogP contribution is 2.30. The van der Waals surface area contributed by atoms with Crippen LogP contribution in [0.5, 0.6) is 0 Å². The van der Waals surface area contributed by atoms with Crippen LogP contribution in [0.2, 0.25) is 0 Å². The minimum Gasteiger partial charge on any atom is -0.477 e. The fraction of sp³-hybridized carbons (Fsp3) is 0.364. The lowest BCUT2D eigenvalue weighted by Gasteiger charge is -2.00. The Bertz CT molecular complexity index is 399. The monoisotopic (exact) mass is 220 g/mol. The molecule has 0 amide bonds. The van der Waals surface area contributed by atoms with Crippen molar-refractivity contribution in [3.05, 3.63) is 30.1 Å². The third kappa shape index (κ3) is 2.79. The number of hydrogen-bond donors (Lipinski definition) is 1. The van der Waals surface area contributed by atoms with E-state index in [0.29, 0.717) is 0 Å². The molecule has 84 valence electrons. The van der Waals surface area contributed by atoms with Crippen molar-refractivity contribution in [1.82, 2.24) is 4.98 Å². The Balaban J connectivity index is 1.90. The van der Waals surface area contributed by atoms with Crippen molar-refractivity contribution in [1.29, 1.82) is 0 Å². The van der Waals surface area contributed by atoms with Gasteiger partial charge in [0.25, 0.3) is 0 Å². The van der Waals surface area contributed by atoms with E-state index in [1.54, 1.807) is 18.3 Å². The first-order chi connectivity index (χ1) is 7.77. The molecule has 1 aromatic heterocycles. The van der Waals surface area contributed by atoms with Gasteiger partial charge in [0.2, 0.25) is 0 Å². The average Bonchev–Trinajstić information content (AvgIpc) is 3.09. The normalized spacial score (nSPS) is 15.9. The lowest BCUT2D eigenvalue weighted by Crippen LogP contribution is -2.15. The quantitative estimate of drug-likeness (QED) is 0.602. The maximum atomic E-state index is 10.8. The fourth-order valence-corrected chi connectivity index (χ4v) is 1.30. The number of pyridine rings is 1. The van der Waals surface area contributed by atoms with Crippen LogP contribution in [0.15, 0.2) is 29.6 Å². The summed E-state index contributed by atoms with van der Waals surface area (Å²) in [6.45, 7) is 0.199. The molecule has 0 aliphatic heterocycles. The summed E-state index contributed by atoms with van der Waals surface area (Å²) in [6, 6.07) is 5.45. The summed E-state index contributed by atoms with van der Waals surface area (Å²) in [6.07, 6.45) is 3.43. The highest BCUT2D eigenvalue weighted by atomic mass is 16.6. The Morgan fingerprint density at radius 2 is 2.38 bits per heavy atom. The molecule has 16 heavy (non-hydrogen) atoms. The summed E-state index contributed by atoms with van der Waals surface area (Å²) in [5.41, 5.74) is 0.850. The van der Waals surface area contributed by atoms with E-state index >= 15 is 0 Å². The van der Waals surface area contributed by atoms with Crippen molar-refractivity contribution in [2.45, 2.75) is 19.4 Å². The molecule has 0 radical (unpaired) electrons. The number of carboxylic acid groups (broad SMARTS) is 1. The van der Waals surface area contributed by atoms with Gasteiger partial charge in [-0.25, -0.2) is 4.79 Å². The molecule has 1 aliphatic carbocycles. The van der Waals surface area contributed by atoms with Crippen LogP contribution in [0.4, 0.5) is 0 Å². The lowest BCUT2D eigenvalue weighted by molar-refractivity contribution is -0.129. The van der Waals surface area contributed by atoms with E-state index in [-0.39, 0.29) is 18.2 Å². The second-order valence-electron chi connectivity index (χ2n) is 3.65. The molecule has 1 aromatic rings. The summed E-state index contributed by atoms with van der Waals surface area (Å²) in [7, 11) is 0. The first-order valence-electron chi connectivity index (χ1n) is 5.10. The highest BCUT2D eigenvalue weighted by molar-refractivity contribution is 6.36. The van der Waals surface area contributed by atoms with Crippen LogP contribution in [0.3, 0.4) is 0 Å². The summed E-state index contributed by atoms with van der Waals surface area (Å²) < 4.78 is 0. The van der Waals surface area contributed by atoms with E-state index in [1.165, 1.54) is 0 Å². The van der Waals surface area contributed by atoms with Crippen molar-refractivity contribution in [3.8, 4) is 0 Å². The van der Waals surface area contributed by atoms with Gasteiger partial charge in [0.15, 0.2) is 12.3 Å². The molecule has 0 aromatic carbocycles. The third-order valence-electron chi connectivity index (χ3n) is 2.28. The van der Waals surface area contributed by atoms with Gasteiger partial charge in [-0.1, -0.05) is 11.2 Å². The molecule has 0 bridgehead atoms. The maximum Gasteiger partial charge on any atom is 0.353 e. The zero-order chi connectivity index (χ0) is 11.4. The molecular formula is C11H12N2O3. The molecule has 0 unspecified atom stereocenters.